The van der Waals surface area contributed by atoms with Crippen molar-refractivity contribution in [1.29, 1.82) is 0 Å². The van der Waals surface area contributed by atoms with E-state index in [9.17, 15) is 9.59 Å². The van der Waals surface area contributed by atoms with Gasteiger partial charge in [0.15, 0.2) is 0 Å². The third-order valence-corrected chi connectivity index (χ3v) is 6.58. The lowest BCUT2D eigenvalue weighted by molar-refractivity contribution is -0.172. The van der Waals surface area contributed by atoms with E-state index >= 15 is 0 Å². The van der Waals surface area contributed by atoms with E-state index in [1.807, 2.05) is 33.8 Å². The minimum Gasteiger partial charge on any atom is -0.467 e. The molecular formula is C24H42N2O7. The van der Waals surface area contributed by atoms with Gasteiger partial charge in [-0.25, -0.2) is 9.59 Å². The molecule has 0 aromatic heterocycles. The van der Waals surface area contributed by atoms with Crippen molar-refractivity contribution in [2.45, 2.75) is 89.3 Å². The van der Waals surface area contributed by atoms with Crippen LogP contribution < -0.4 is 11.1 Å². The van der Waals surface area contributed by atoms with Crippen molar-refractivity contribution in [1.82, 2.24) is 5.32 Å². The first-order valence-electron chi connectivity index (χ1n) is 11.8. The lowest BCUT2D eigenvalue weighted by Gasteiger charge is -2.47. The highest BCUT2D eigenvalue weighted by Gasteiger charge is 2.64. The topological polar surface area (TPSA) is 122 Å². The third-order valence-electron chi connectivity index (χ3n) is 6.58. The number of nitrogens with two attached hydrogens (primary N) is 1. The van der Waals surface area contributed by atoms with Gasteiger partial charge < -0.3 is 34.7 Å². The van der Waals surface area contributed by atoms with Gasteiger partial charge in [0.25, 0.3) is 0 Å². The molecule has 1 amide bonds. The molecule has 5 atom stereocenters. The van der Waals surface area contributed by atoms with E-state index in [2.05, 4.69) is 5.32 Å². The average molecular weight is 471 g/mol. The molecule has 2 fully saturated rings. The Morgan fingerprint density at radius 3 is 2.52 bits per heavy atom. The van der Waals surface area contributed by atoms with Gasteiger partial charge in [0.1, 0.15) is 18.2 Å². The summed E-state index contributed by atoms with van der Waals surface area (Å²) in [7, 11) is 2.91. The van der Waals surface area contributed by atoms with Crippen LogP contribution in [0.4, 0.5) is 4.79 Å². The zero-order chi connectivity index (χ0) is 24.6. The number of ether oxygens (including phenoxy) is 5. The fraction of sp³-hybridized carbons (Fsp3) is 0.833. The van der Waals surface area contributed by atoms with E-state index in [0.29, 0.717) is 39.0 Å². The molecule has 33 heavy (non-hydrogen) atoms. The van der Waals surface area contributed by atoms with Crippen LogP contribution in [0.5, 0.6) is 0 Å². The lowest BCUT2D eigenvalue weighted by atomic mass is 9.68. The van der Waals surface area contributed by atoms with E-state index < -0.39 is 35.9 Å². The normalized spacial score (nSPS) is 27.5. The van der Waals surface area contributed by atoms with Crippen LogP contribution in [0.15, 0.2) is 11.6 Å². The molecule has 1 saturated heterocycles. The number of alkyl carbamates (subject to hydrolysis) is 1. The molecule has 0 aromatic carbocycles. The van der Waals surface area contributed by atoms with Gasteiger partial charge in [-0.05, 0) is 66.3 Å². The maximum Gasteiger partial charge on any atom is 0.408 e. The standard InChI is InChI=1S/C24H42N2O7/c1-16(2)11-14-31-23(3,4)20-19(29-5)18(10-12-24(20)15-32-24)33-22(28)26-17(21(27)30-6)9-7-8-13-25/h11,17-20H,7-10,12-15,25H2,1-6H3,(H,26,28)/t17-,18?,19?,20?,24+/m1/s1. The van der Waals surface area contributed by atoms with Gasteiger partial charge in [-0.3, -0.25) is 0 Å². The predicted octanol–water partition coefficient (Wildman–Crippen LogP) is 2.71. The summed E-state index contributed by atoms with van der Waals surface area (Å²) in [6.07, 6.45) is 3.67. The summed E-state index contributed by atoms with van der Waals surface area (Å²) in [4.78, 5) is 24.8. The van der Waals surface area contributed by atoms with Crippen LogP contribution in [0.2, 0.25) is 0 Å². The van der Waals surface area contributed by atoms with Gasteiger partial charge in [0.2, 0.25) is 0 Å². The molecule has 3 unspecified atom stereocenters. The molecule has 0 aromatic rings. The molecule has 2 aliphatic rings. The third kappa shape index (κ3) is 7.40. The van der Waals surface area contributed by atoms with Crippen LogP contribution >= 0.6 is 0 Å². The van der Waals surface area contributed by atoms with Gasteiger partial charge >= 0.3 is 12.1 Å². The Morgan fingerprint density at radius 2 is 1.97 bits per heavy atom. The summed E-state index contributed by atoms with van der Waals surface area (Å²) in [5.74, 6) is -0.638. The van der Waals surface area contributed by atoms with Crippen LogP contribution in [0.3, 0.4) is 0 Å². The highest BCUT2D eigenvalue weighted by molar-refractivity contribution is 5.81. The Balaban J connectivity index is 2.09. The lowest BCUT2D eigenvalue weighted by Crippen LogP contribution is -2.59. The summed E-state index contributed by atoms with van der Waals surface area (Å²) >= 11 is 0. The number of hydrogen-bond donors (Lipinski definition) is 2. The molecule has 1 aliphatic carbocycles. The van der Waals surface area contributed by atoms with E-state index in [-0.39, 0.29) is 11.5 Å². The monoisotopic (exact) mass is 470 g/mol. The van der Waals surface area contributed by atoms with Gasteiger partial charge in [-0.1, -0.05) is 11.6 Å². The molecule has 1 heterocycles. The second-order valence-corrected chi connectivity index (χ2v) is 9.71. The Hall–Kier alpha value is -1.68. The number of epoxide rings is 1. The molecular weight excluding hydrogens is 428 g/mol. The van der Waals surface area contributed by atoms with Crippen LogP contribution in [-0.2, 0) is 28.5 Å². The quantitative estimate of drug-likeness (QED) is 0.193. The van der Waals surface area contributed by atoms with Crippen molar-refractivity contribution < 1.29 is 33.3 Å². The zero-order valence-corrected chi connectivity index (χ0v) is 21.0. The number of hydrogen-bond acceptors (Lipinski definition) is 8. The van der Waals surface area contributed by atoms with Crippen molar-refractivity contribution in [2.75, 3.05) is 34.0 Å². The Morgan fingerprint density at radius 1 is 1.27 bits per heavy atom. The maximum atomic E-state index is 12.7. The number of methoxy groups -OCH3 is 2. The summed E-state index contributed by atoms with van der Waals surface area (Å²) in [5, 5.41) is 2.65. The van der Waals surface area contributed by atoms with Gasteiger partial charge in [-0.15, -0.1) is 0 Å². The second-order valence-electron chi connectivity index (χ2n) is 9.71. The Bertz CT molecular complexity index is 686. The fourth-order valence-electron chi connectivity index (χ4n) is 4.79. The number of amides is 1. The molecule has 2 rings (SSSR count). The van der Waals surface area contributed by atoms with Crippen molar-refractivity contribution in [2.24, 2.45) is 11.7 Å². The molecule has 0 bridgehead atoms. The molecule has 3 N–H and O–H groups in total. The highest BCUT2D eigenvalue weighted by Crippen LogP contribution is 2.52. The van der Waals surface area contributed by atoms with Crippen molar-refractivity contribution >= 4 is 12.1 Å². The van der Waals surface area contributed by atoms with Crippen LogP contribution in [-0.4, -0.2) is 75.5 Å². The van der Waals surface area contributed by atoms with E-state index in [1.165, 1.54) is 12.7 Å². The average Bonchev–Trinajstić information content (AvgIpc) is 3.52. The van der Waals surface area contributed by atoms with Crippen LogP contribution in [0.1, 0.15) is 59.8 Å². The number of unbranched alkanes of at least 4 members (excludes halogenated alkanes) is 1. The second kappa shape index (κ2) is 12.1. The Kier molecular flexibility index (Phi) is 10.1. The predicted molar refractivity (Wildman–Crippen MR) is 124 cm³/mol. The minimum atomic E-state index is -0.781. The first kappa shape index (κ1) is 27.6. The van der Waals surface area contributed by atoms with E-state index in [1.54, 1.807) is 7.11 Å². The van der Waals surface area contributed by atoms with Crippen molar-refractivity contribution in [3.63, 3.8) is 0 Å². The molecule has 0 radical (unpaired) electrons. The van der Waals surface area contributed by atoms with Crippen molar-refractivity contribution in [3.8, 4) is 0 Å². The minimum absolute atomic E-state index is 0.131. The number of rotatable bonds is 12. The first-order valence-corrected chi connectivity index (χ1v) is 11.8. The molecule has 9 heteroatoms. The highest BCUT2D eigenvalue weighted by atomic mass is 16.6. The molecule has 1 saturated carbocycles. The molecule has 1 aliphatic heterocycles. The number of allylic oxidation sites excluding steroid dienone is 1. The summed E-state index contributed by atoms with van der Waals surface area (Å²) in [6, 6.07) is -0.781. The smallest absolute Gasteiger partial charge is 0.408 e. The van der Waals surface area contributed by atoms with Crippen LogP contribution in [0, 0.1) is 5.92 Å². The number of carbonyl (C=O) groups is 2. The summed E-state index contributed by atoms with van der Waals surface area (Å²) in [6.45, 7) is 9.75. The maximum absolute atomic E-state index is 12.7. The summed E-state index contributed by atoms with van der Waals surface area (Å²) < 4.78 is 28.6. The number of esters is 1. The van der Waals surface area contributed by atoms with Gasteiger partial charge in [0.05, 0.1) is 31.5 Å². The van der Waals surface area contributed by atoms with Gasteiger partial charge in [-0.2, -0.15) is 0 Å². The SMILES string of the molecule is COC(=O)[C@@H](CCCCN)NC(=O)OC1CC[C@]2(CO2)C(C(C)(C)OCC=C(C)C)C1OC. The van der Waals surface area contributed by atoms with Crippen molar-refractivity contribution in [3.05, 3.63) is 11.6 Å². The number of nitrogens with one attached hydrogen (secondary N) is 1. The largest absolute Gasteiger partial charge is 0.467 e. The van der Waals surface area contributed by atoms with E-state index in [4.69, 9.17) is 29.4 Å². The fourth-order valence-corrected chi connectivity index (χ4v) is 4.79. The van der Waals surface area contributed by atoms with Gasteiger partial charge in [0, 0.05) is 13.0 Å². The van der Waals surface area contributed by atoms with E-state index in [0.717, 1.165) is 12.8 Å². The zero-order valence-electron chi connectivity index (χ0n) is 21.0. The molecule has 190 valence electrons. The Labute approximate surface area is 197 Å². The molecule has 9 nitrogen and oxygen atoms in total. The first-order chi connectivity index (χ1) is 15.6. The van der Waals surface area contributed by atoms with Crippen LogP contribution in [0.25, 0.3) is 0 Å². The molecule has 1 spiro atoms. The summed E-state index contributed by atoms with van der Waals surface area (Å²) in [5.41, 5.74) is 5.81. The number of carbonyl (C=O) groups excluding carboxylic acids is 2.